The van der Waals surface area contributed by atoms with E-state index in [2.05, 4.69) is 50.0 Å². The SMILES string of the molecule is CCCNC(Cc1ncnn1CCC)CC(C)(C)C. The van der Waals surface area contributed by atoms with Crippen LogP contribution in [0, 0.1) is 5.41 Å². The molecule has 0 aliphatic rings. The van der Waals surface area contributed by atoms with E-state index in [1.807, 2.05) is 4.68 Å². The molecule has 19 heavy (non-hydrogen) atoms. The van der Waals surface area contributed by atoms with Crippen LogP contribution in [0.25, 0.3) is 0 Å². The van der Waals surface area contributed by atoms with Gasteiger partial charge in [-0.3, -0.25) is 4.68 Å². The molecule has 1 atom stereocenters. The van der Waals surface area contributed by atoms with E-state index in [-0.39, 0.29) is 0 Å². The fraction of sp³-hybridized carbons (Fsp3) is 0.867. The smallest absolute Gasteiger partial charge is 0.138 e. The zero-order chi connectivity index (χ0) is 14.3. The highest BCUT2D eigenvalue weighted by molar-refractivity contribution is 4.91. The molecule has 1 unspecified atom stereocenters. The minimum Gasteiger partial charge on any atom is -0.314 e. The third kappa shape index (κ3) is 6.19. The van der Waals surface area contributed by atoms with Crippen LogP contribution in [0.2, 0.25) is 0 Å². The molecule has 4 nitrogen and oxygen atoms in total. The first-order valence-electron chi connectivity index (χ1n) is 7.56. The molecule has 0 aliphatic heterocycles. The molecule has 1 N–H and O–H groups in total. The minimum atomic E-state index is 0.334. The number of aromatic nitrogens is 3. The molecular weight excluding hydrogens is 236 g/mol. The third-order valence-electron chi connectivity index (χ3n) is 3.10. The van der Waals surface area contributed by atoms with Gasteiger partial charge in [0.2, 0.25) is 0 Å². The van der Waals surface area contributed by atoms with Gasteiger partial charge in [0.15, 0.2) is 0 Å². The van der Waals surface area contributed by atoms with Crippen molar-refractivity contribution in [2.24, 2.45) is 5.41 Å². The van der Waals surface area contributed by atoms with Crippen molar-refractivity contribution in [2.45, 2.75) is 72.9 Å². The van der Waals surface area contributed by atoms with Crippen LogP contribution in [0.1, 0.15) is 59.7 Å². The Bertz CT molecular complexity index is 351. The number of nitrogens with one attached hydrogen (secondary N) is 1. The van der Waals surface area contributed by atoms with E-state index in [1.165, 1.54) is 6.42 Å². The Balaban J connectivity index is 2.67. The molecule has 0 radical (unpaired) electrons. The number of rotatable bonds is 8. The Morgan fingerprint density at radius 3 is 2.58 bits per heavy atom. The Morgan fingerprint density at radius 2 is 2.00 bits per heavy atom. The maximum atomic E-state index is 4.42. The van der Waals surface area contributed by atoms with Gasteiger partial charge in [-0.25, -0.2) is 4.98 Å². The molecule has 0 amide bonds. The third-order valence-corrected chi connectivity index (χ3v) is 3.10. The van der Waals surface area contributed by atoms with Crippen molar-refractivity contribution in [1.29, 1.82) is 0 Å². The van der Waals surface area contributed by atoms with Crippen LogP contribution >= 0.6 is 0 Å². The molecule has 1 rings (SSSR count). The van der Waals surface area contributed by atoms with Gasteiger partial charge in [-0.2, -0.15) is 5.10 Å². The van der Waals surface area contributed by atoms with E-state index < -0.39 is 0 Å². The predicted molar refractivity (Wildman–Crippen MR) is 80.2 cm³/mol. The van der Waals surface area contributed by atoms with Crippen molar-refractivity contribution in [3.05, 3.63) is 12.2 Å². The zero-order valence-corrected chi connectivity index (χ0v) is 13.2. The van der Waals surface area contributed by atoms with Gasteiger partial charge in [-0.1, -0.05) is 34.6 Å². The van der Waals surface area contributed by atoms with Gasteiger partial charge in [-0.05, 0) is 31.2 Å². The topological polar surface area (TPSA) is 42.7 Å². The van der Waals surface area contributed by atoms with Gasteiger partial charge >= 0.3 is 0 Å². The quantitative estimate of drug-likeness (QED) is 0.786. The maximum absolute atomic E-state index is 4.42. The molecule has 0 aliphatic carbocycles. The van der Waals surface area contributed by atoms with Crippen molar-refractivity contribution < 1.29 is 0 Å². The van der Waals surface area contributed by atoms with Gasteiger partial charge < -0.3 is 5.32 Å². The van der Waals surface area contributed by atoms with Gasteiger partial charge in [-0.15, -0.1) is 0 Å². The molecular formula is C15H30N4. The highest BCUT2D eigenvalue weighted by Crippen LogP contribution is 2.22. The Labute approximate surface area is 118 Å². The van der Waals surface area contributed by atoms with E-state index in [4.69, 9.17) is 0 Å². The number of nitrogens with zero attached hydrogens (tertiary/aromatic N) is 3. The van der Waals surface area contributed by atoms with E-state index in [0.717, 1.165) is 38.2 Å². The molecule has 110 valence electrons. The van der Waals surface area contributed by atoms with Gasteiger partial charge in [0.05, 0.1) is 0 Å². The molecule has 0 bridgehead atoms. The van der Waals surface area contributed by atoms with Crippen molar-refractivity contribution in [3.63, 3.8) is 0 Å². The summed E-state index contributed by atoms with van der Waals surface area (Å²) in [6, 6.07) is 0.486. The number of hydrogen-bond donors (Lipinski definition) is 1. The molecule has 0 saturated heterocycles. The molecule has 1 aromatic heterocycles. The average molecular weight is 266 g/mol. The first-order chi connectivity index (χ1) is 8.96. The molecule has 0 aromatic carbocycles. The summed E-state index contributed by atoms with van der Waals surface area (Å²) in [4.78, 5) is 4.42. The van der Waals surface area contributed by atoms with E-state index in [0.29, 0.717) is 11.5 Å². The molecule has 1 aromatic rings. The fourth-order valence-electron chi connectivity index (χ4n) is 2.37. The second kappa shape index (κ2) is 7.63. The summed E-state index contributed by atoms with van der Waals surface area (Å²) in [5.41, 5.74) is 0.334. The number of aryl methyl sites for hydroxylation is 1. The molecule has 0 saturated carbocycles. The summed E-state index contributed by atoms with van der Waals surface area (Å²) in [6.45, 7) is 13.3. The van der Waals surface area contributed by atoms with Crippen LogP contribution in [0.5, 0.6) is 0 Å². The zero-order valence-electron chi connectivity index (χ0n) is 13.2. The van der Waals surface area contributed by atoms with Crippen LogP contribution in [0.3, 0.4) is 0 Å². The predicted octanol–water partition coefficient (Wildman–Crippen LogP) is 3.04. The van der Waals surface area contributed by atoms with E-state index >= 15 is 0 Å². The van der Waals surface area contributed by atoms with Crippen molar-refractivity contribution >= 4 is 0 Å². The fourth-order valence-corrected chi connectivity index (χ4v) is 2.37. The average Bonchev–Trinajstić information content (AvgIpc) is 2.72. The Hall–Kier alpha value is -0.900. The summed E-state index contributed by atoms with van der Waals surface area (Å²) in [6.07, 6.45) is 6.08. The summed E-state index contributed by atoms with van der Waals surface area (Å²) < 4.78 is 2.04. The lowest BCUT2D eigenvalue weighted by Crippen LogP contribution is -2.36. The summed E-state index contributed by atoms with van der Waals surface area (Å²) in [5, 5.41) is 7.97. The molecule has 0 spiro atoms. The monoisotopic (exact) mass is 266 g/mol. The van der Waals surface area contributed by atoms with Gasteiger partial charge in [0.25, 0.3) is 0 Å². The second-order valence-electron chi connectivity index (χ2n) is 6.52. The van der Waals surface area contributed by atoms with Crippen molar-refractivity contribution in [1.82, 2.24) is 20.1 Å². The largest absolute Gasteiger partial charge is 0.314 e. The highest BCUT2D eigenvalue weighted by atomic mass is 15.3. The summed E-state index contributed by atoms with van der Waals surface area (Å²) in [7, 11) is 0. The van der Waals surface area contributed by atoms with Gasteiger partial charge in [0, 0.05) is 19.0 Å². The lowest BCUT2D eigenvalue weighted by molar-refractivity contribution is 0.302. The molecule has 1 heterocycles. The van der Waals surface area contributed by atoms with Crippen LogP contribution in [0.4, 0.5) is 0 Å². The Morgan fingerprint density at radius 1 is 1.26 bits per heavy atom. The van der Waals surface area contributed by atoms with Crippen LogP contribution in [0.15, 0.2) is 6.33 Å². The van der Waals surface area contributed by atoms with Crippen molar-refractivity contribution in [3.8, 4) is 0 Å². The minimum absolute atomic E-state index is 0.334. The first kappa shape index (κ1) is 16.2. The van der Waals surface area contributed by atoms with Crippen molar-refractivity contribution in [2.75, 3.05) is 6.54 Å². The van der Waals surface area contributed by atoms with E-state index in [9.17, 15) is 0 Å². The van der Waals surface area contributed by atoms with E-state index in [1.54, 1.807) is 6.33 Å². The maximum Gasteiger partial charge on any atom is 0.138 e. The molecule has 4 heteroatoms. The Kier molecular flexibility index (Phi) is 6.49. The normalized spacial score (nSPS) is 13.7. The number of hydrogen-bond acceptors (Lipinski definition) is 3. The first-order valence-corrected chi connectivity index (χ1v) is 7.56. The van der Waals surface area contributed by atoms with Crippen LogP contribution in [-0.2, 0) is 13.0 Å². The van der Waals surface area contributed by atoms with Crippen LogP contribution < -0.4 is 5.32 Å². The standard InChI is InChI=1S/C15H30N4/c1-6-8-16-13(11-15(3,4)5)10-14-17-12-18-19(14)9-7-2/h12-13,16H,6-11H2,1-5H3. The summed E-state index contributed by atoms with van der Waals surface area (Å²) >= 11 is 0. The second-order valence-corrected chi connectivity index (χ2v) is 6.52. The molecule has 0 fully saturated rings. The van der Waals surface area contributed by atoms with Gasteiger partial charge in [0.1, 0.15) is 12.2 Å². The van der Waals surface area contributed by atoms with Crippen LogP contribution in [-0.4, -0.2) is 27.4 Å². The summed E-state index contributed by atoms with van der Waals surface area (Å²) in [5.74, 6) is 1.11. The highest BCUT2D eigenvalue weighted by Gasteiger charge is 2.20. The lowest BCUT2D eigenvalue weighted by atomic mass is 9.87. The lowest BCUT2D eigenvalue weighted by Gasteiger charge is -2.26.